The number of unbranched alkanes of at least 4 members (excludes halogenated alkanes) is 7. The van der Waals surface area contributed by atoms with Crippen LogP contribution < -0.4 is 0 Å². The minimum absolute atomic E-state index is 0.349. The van der Waals surface area contributed by atoms with Gasteiger partial charge in [0.15, 0.2) is 0 Å². The van der Waals surface area contributed by atoms with Gasteiger partial charge in [-0.05, 0) is 55.2 Å². The summed E-state index contributed by atoms with van der Waals surface area (Å²) in [4.78, 5) is 11.3. The standard InChI is InChI=1S/C27H38O3/c1-2-3-9-19-24-20-14-15-21-25(24)26(30-27(28)29)22-13-7-5-4-6-10-16-23-17-11-8-12-18-23/h8,11-12,14-15,17-18,20-21,26H,2-7,9-10,13,16,19,22H2,1H3,(H,28,29). The van der Waals surface area contributed by atoms with Crippen LogP contribution >= 0.6 is 0 Å². The van der Waals surface area contributed by atoms with Crippen molar-refractivity contribution in [1.29, 1.82) is 0 Å². The van der Waals surface area contributed by atoms with Crippen LogP contribution in [0.1, 0.15) is 93.9 Å². The molecule has 0 saturated heterocycles. The minimum atomic E-state index is -1.18. The predicted octanol–water partition coefficient (Wildman–Crippen LogP) is 8.13. The zero-order valence-corrected chi connectivity index (χ0v) is 18.5. The SMILES string of the molecule is CCCCCc1ccccc1C(CCCCCCCCc1ccccc1)OC(=O)O. The monoisotopic (exact) mass is 410 g/mol. The number of benzene rings is 2. The normalized spacial score (nSPS) is 11.9. The lowest BCUT2D eigenvalue weighted by Gasteiger charge is -2.20. The lowest BCUT2D eigenvalue weighted by atomic mass is 9.94. The van der Waals surface area contributed by atoms with Crippen LogP contribution in [0.4, 0.5) is 4.79 Å². The summed E-state index contributed by atoms with van der Waals surface area (Å²) in [6, 6.07) is 18.9. The first-order chi connectivity index (χ1) is 14.7. The third kappa shape index (κ3) is 9.47. The summed E-state index contributed by atoms with van der Waals surface area (Å²) in [5.41, 5.74) is 3.71. The maximum absolute atomic E-state index is 11.3. The molecule has 0 bridgehead atoms. The molecular weight excluding hydrogens is 372 g/mol. The van der Waals surface area contributed by atoms with Crippen molar-refractivity contribution in [1.82, 2.24) is 0 Å². The summed E-state index contributed by atoms with van der Waals surface area (Å²) < 4.78 is 5.29. The second-order valence-corrected chi connectivity index (χ2v) is 8.17. The second-order valence-electron chi connectivity index (χ2n) is 8.17. The molecule has 2 aromatic rings. The molecular formula is C27H38O3. The Bertz CT molecular complexity index is 711. The molecule has 0 aliphatic carbocycles. The van der Waals surface area contributed by atoms with Gasteiger partial charge in [-0.15, -0.1) is 0 Å². The lowest BCUT2D eigenvalue weighted by Crippen LogP contribution is -2.11. The van der Waals surface area contributed by atoms with Crippen molar-refractivity contribution in [3.63, 3.8) is 0 Å². The highest BCUT2D eigenvalue weighted by molar-refractivity contribution is 5.57. The van der Waals surface area contributed by atoms with Crippen molar-refractivity contribution in [2.24, 2.45) is 0 Å². The van der Waals surface area contributed by atoms with E-state index in [-0.39, 0.29) is 6.10 Å². The number of aryl methyl sites for hydroxylation is 2. The predicted molar refractivity (Wildman–Crippen MR) is 124 cm³/mol. The fraction of sp³-hybridized carbons (Fsp3) is 0.519. The van der Waals surface area contributed by atoms with Crippen molar-refractivity contribution in [2.75, 3.05) is 0 Å². The molecule has 1 N–H and O–H groups in total. The fourth-order valence-corrected chi connectivity index (χ4v) is 4.05. The van der Waals surface area contributed by atoms with Gasteiger partial charge in [0.25, 0.3) is 0 Å². The highest BCUT2D eigenvalue weighted by Gasteiger charge is 2.18. The highest BCUT2D eigenvalue weighted by atomic mass is 16.7. The van der Waals surface area contributed by atoms with Crippen LogP contribution in [0.25, 0.3) is 0 Å². The highest BCUT2D eigenvalue weighted by Crippen LogP contribution is 2.28. The first-order valence-electron chi connectivity index (χ1n) is 11.7. The van der Waals surface area contributed by atoms with Crippen LogP contribution in [0.15, 0.2) is 54.6 Å². The summed E-state index contributed by atoms with van der Waals surface area (Å²) in [5.74, 6) is 0. The Morgan fingerprint density at radius 3 is 2.17 bits per heavy atom. The molecule has 0 aliphatic rings. The van der Waals surface area contributed by atoms with Crippen LogP contribution in [-0.2, 0) is 17.6 Å². The summed E-state index contributed by atoms with van der Waals surface area (Å²) in [6.07, 6.45) is 12.0. The van der Waals surface area contributed by atoms with Crippen LogP contribution in [0.2, 0.25) is 0 Å². The van der Waals surface area contributed by atoms with Crippen molar-refractivity contribution in [2.45, 2.75) is 90.1 Å². The Hall–Kier alpha value is -2.29. The Kier molecular flexibility index (Phi) is 11.7. The van der Waals surface area contributed by atoms with E-state index >= 15 is 0 Å². The van der Waals surface area contributed by atoms with E-state index in [4.69, 9.17) is 4.74 Å². The van der Waals surface area contributed by atoms with Crippen LogP contribution in [0.3, 0.4) is 0 Å². The smallest absolute Gasteiger partial charge is 0.450 e. The molecule has 3 heteroatoms. The molecule has 0 saturated carbocycles. The zero-order valence-electron chi connectivity index (χ0n) is 18.5. The maximum atomic E-state index is 11.3. The first kappa shape index (κ1) is 24.0. The molecule has 0 aliphatic heterocycles. The van der Waals surface area contributed by atoms with E-state index in [1.165, 1.54) is 49.7 Å². The summed E-state index contributed by atoms with van der Waals surface area (Å²) in [6.45, 7) is 2.20. The average molecular weight is 411 g/mol. The third-order valence-corrected chi connectivity index (χ3v) is 5.72. The fourth-order valence-electron chi connectivity index (χ4n) is 4.05. The number of ether oxygens (including phenoxy) is 1. The van der Waals surface area contributed by atoms with Gasteiger partial charge in [0.2, 0.25) is 0 Å². The van der Waals surface area contributed by atoms with Gasteiger partial charge in [0, 0.05) is 0 Å². The van der Waals surface area contributed by atoms with Crippen molar-refractivity contribution in [3.05, 3.63) is 71.3 Å². The van der Waals surface area contributed by atoms with E-state index in [2.05, 4.69) is 43.3 Å². The zero-order chi connectivity index (χ0) is 21.4. The van der Waals surface area contributed by atoms with E-state index < -0.39 is 6.16 Å². The molecule has 0 amide bonds. The number of rotatable bonds is 15. The number of carbonyl (C=O) groups is 1. The molecule has 0 fully saturated rings. The molecule has 1 atom stereocenters. The molecule has 164 valence electrons. The molecule has 0 spiro atoms. The maximum Gasteiger partial charge on any atom is 0.506 e. The average Bonchev–Trinajstić information content (AvgIpc) is 2.76. The van der Waals surface area contributed by atoms with E-state index in [1.807, 2.05) is 18.2 Å². The van der Waals surface area contributed by atoms with E-state index in [0.29, 0.717) is 0 Å². The van der Waals surface area contributed by atoms with Crippen LogP contribution in [0, 0.1) is 0 Å². The quantitative estimate of drug-likeness (QED) is 0.238. The molecule has 2 rings (SSSR count). The van der Waals surface area contributed by atoms with E-state index in [9.17, 15) is 9.90 Å². The first-order valence-corrected chi connectivity index (χ1v) is 11.7. The second kappa shape index (κ2) is 14.7. The topological polar surface area (TPSA) is 46.5 Å². The molecule has 0 radical (unpaired) electrons. The van der Waals surface area contributed by atoms with Gasteiger partial charge in [-0.25, -0.2) is 4.79 Å². The number of hydrogen-bond donors (Lipinski definition) is 1. The molecule has 3 nitrogen and oxygen atoms in total. The van der Waals surface area contributed by atoms with Crippen molar-refractivity contribution in [3.8, 4) is 0 Å². The molecule has 30 heavy (non-hydrogen) atoms. The molecule has 0 heterocycles. The Morgan fingerprint density at radius 2 is 1.43 bits per heavy atom. The van der Waals surface area contributed by atoms with Crippen LogP contribution in [-0.4, -0.2) is 11.3 Å². The summed E-state index contributed by atoms with van der Waals surface area (Å²) in [5, 5.41) is 9.22. The van der Waals surface area contributed by atoms with Crippen molar-refractivity contribution < 1.29 is 14.6 Å². The Labute approximate surface area is 182 Å². The van der Waals surface area contributed by atoms with Gasteiger partial charge >= 0.3 is 6.16 Å². The van der Waals surface area contributed by atoms with Gasteiger partial charge in [0.1, 0.15) is 6.10 Å². The Balaban J connectivity index is 1.72. The third-order valence-electron chi connectivity index (χ3n) is 5.72. The molecule has 2 aromatic carbocycles. The van der Waals surface area contributed by atoms with E-state index in [1.54, 1.807) is 0 Å². The van der Waals surface area contributed by atoms with Gasteiger partial charge in [-0.3, -0.25) is 0 Å². The Morgan fingerprint density at radius 1 is 0.800 bits per heavy atom. The van der Waals surface area contributed by atoms with Gasteiger partial charge < -0.3 is 9.84 Å². The number of carboxylic acid groups (broad SMARTS) is 1. The summed E-state index contributed by atoms with van der Waals surface area (Å²) in [7, 11) is 0. The van der Waals surface area contributed by atoms with Gasteiger partial charge in [0.05, 0.1) is 0 Å². The van der Waals surface area contributed by atoms with E-state index in [0.717, 1.165) is 44.1 Å². The van der Waals surface area contributed by atoms with Gasteiger partial charge in [-0.1, -0.05) is 100 Å². The lowest BCUT2D eigenvalue weighted by molar-refractivity contribution is 0.0460. The largest absolute Gasteiger partial charge is 0.506 e. The number of hydrogen-bond acceptors (Lipinski definition) is 2. The summed E-state index contributed by atoms with van der Waals surface area (Å²) >= 11 is 0. The van der Waals surface area contributed by atoms with Crippen molar-refractivity contribution >= 4 is 6.16 Å². The van der Waals surface area contributed by atoms with Gasteiger partial charge in [-0.2, -0.15) is 0 Å². The minimum Gasteiger partial charge on any atom is -0.450 e. The molecule has 0 aromatic heterocycles. The van der Waals surface area contributed by atoms with Crippen LogP contribution in [0.5, 0.6) is 0 Å². The molecule has 1 unspecified atom stereocenters.